The number of ether oxygens (including phenoxy) is 2. The van der Waals surface area contributed by atoms with E-state index >= 15 is 0 Å². The van der Waals surface area contributed by atoms with E-state index in [0.717, 1.165) is 25.7 Å². The van der Waals surface area contributed by atoms with Crippen molar-refractivity contribution in [2.75, 3.05) is 24.3 Å². The van der Waals surface area contributed by atoms with Crippen molar-refractivity contribution in [1.82, 2.24) is 0 Å². The number of amides is 1. The maximum Gasteiger partial charge on any atom is 0.265 e. The summed E-state index contributed by atoms with van der Waals surface area (Å²) in [6.07, 6.45) is 3.81. The Kier molecular flexibility index (Phi) is 6.69. The van der Waals surface area contributed by atoms with Gasteiger partial charge in [0.1, 0.15) is 16.4 Å². The number of anilines is 2. The summed E-state index contributed by atoms with van der Waals surface area (Å²) in [5.41, 5.74) is 0.777. The van der Waals surface area contributed by atoms with Gasteiger partial charge in [-0.3, -0.25) is 9.52 Å². The third kappa shape index (κ3) is 5.02. The second-order valence-electron chi connectivity index (χ2n) is 6.79. The molecule has 1 fully saturated rings. The van der Waals surface area contributed by atoms with Crippen molar-refractivity contribution in [3.05, 3.63) is 40.9 Å². The van der Waals surface area contributed by atoms with Gasteiger partial charge in [-0.25, -0.2) is 8.42 Å². The van der Waals surface area contributed by atoms with Crippen LogP contribution < -0.4 is 19.5 Å². The number of methoxy groups -OCH3 is 2. The number of benzene rings is 2. The van der Waals surface area contributed by atoms with E-state index in [-0.39, 0.29) is 22.5 Å². The molecule has 1 saturated carbocycles. The third-order valence-electron chi connectivity index (χ3n) is 4.85. The number of hydrogen-bond acceptors (Lipinski definition) is 5. The van der Waals surface area contributed by atoms with Crippen molar-refractivity contribution in [2.24, 2.45) is 5.92 Å². The van der Waals surface area contributed by atoms with Crippen LogP contribution in [-0.4, -0.2) is 28.5 Å². The van der Waals surface area contributed by atoms with Gasteiger partial charge in [0.15, 0.2) is 0 Å². The zero-order valence-corrected chi connectivity index (χ0v) is 18.6. The summed E-state index contributed by atoms with van der Waals surface area (Å²) < 4.78 is 39.5. The van der Waals surface area contributed by atoms with Crippen LogP contribution in [0.1, 0.15) is 25.7 Å². The monoisotopic (exact) mass is 482 g/mol. The molecule has 0 radical (unpaired) electrons. The van der Waals surface area contributed by atoms with Gasteiger partial charge in [-0.15, -0.1) is 0 Å². The molecule has 0 aromatic heterocycles. The molecule has 0 spiro atoms. The number of carbonyl (C=O) groups is 1. The van der Waals surface area contributed by atoms with Gasteiger partial charge in [-0.05, 0) is 65.2 Å². The van der Waals surface area contributed by atoms with Crippen LogP contribution in [0.15, 0.2) is 45.8 Å². The SMILES string of the molecule is COc1ccc(NS(=O)(=O)c2cc(NC(=O)C3CCCC3)ccc2OC)cc1Br. The van der Waals surface area contributed by atoms with E-state index in [9.17, 15) is 13.2 Å². The first kappa shape index (κ1) is 21.4. The molecule has 0 bridgehead atoms. The van der Waals surface area contributed by atoms with Gasteiger partial charge in [0.2, 0.25) is 5.91 Å². The van der Waals surface area contributed by atoms with Crippen LogP contribution in [0.2, 0.25) is 0 Å². The maximum absolute atomic E-state index is 13.0. The van der Waals surface area contributed by atoms with Gasteiger partial charge >= 0.3 is 0 Å². The summed E-state index contributed by atoms with van der Waals surface area (Å²) in [5.74, 6) is 0.668. The summed E-state index contributed by atoms with van der Waals surface area (Å²) in [5, 5.41) is 2.82. The molecule has 2 N–H and O–H groups in total. The fourth-order valence-electron chi connectivity index (χ4n) is 3.34. The first-order chi connectivity index (χ1) is 13.8. The van der Waals surface area contributed by atoms with Gasteiger partial charge in [0, 0.05) is 11.6 Å². The minimum Gasteiger partial charge on any atom is -0.496 e. The second-order valence-corrected chi connectivity index (χ2v) is 9.30. The molecule has 0 saturated heterocycles. The quantitative estimate of drug-likeness (QED) is 0.609. The van der Waals surface area contributed by atoms with Crippen LogP contribution in [0, 0.1) is 5.92 Å². The van der Waals surface area contributed by atoms with E-state index in [1.165, 1.54) is 26.4 Å². The largest absolute Gasteiger partial charge is 0.496 e. The zero-order chi connectivity index (χ0) is 21.0. The maximum atomic E-state index is 13.0. The minimum atomic E-state index is -3.96. The zero-order valence-electron chi connectivity index (χ0n) is 16.2. The van der Waals surface area contributed by atoms with Crippen molar-refractivity contribution < 1.29 is 22.7 Å². The Morgan fingerprint density at radius 2 is 1.62 bits per heavy atom. The molecular formula is C20H23BrN2O5S. The van der Waals surface area contributed by atoms with E-state index in [1.807, 2.05) is 0 Å². The average molecular weight is 483 g/mol. The highest BCUT2D eigenvalue weighted by atomic mass is 79.9. The number of sulfonamides is 1. The van der Waals surface area contributed by atoms with E-state index in [4.69, 9.17) is 9.47 Å². The summed E-state index contributed by atoms with van der Waals surface area (Å²) in [7, 11) is -1.03. The summed E-state index contributed by atoms with van der Waals surface area (Å²) >= 11 is 3.34. The number of rotatable bonds is 7. The molecule has 7 nitrogen and oxygen atoms in total. The topological polar surface area (TPSA) is 93.7 Å². The molecule has 3 rings (SSSR count). The molecule has 2 aromatic carbocycles. The Balaban J connectivity index is 1.86. The Labute approximate surface area is 179 Å². The van der Waals surface area contributed by atoms with E-state index in [0.29, 0.717) is 21.6 Å². The average Bonchev–Trinajstić information content (AvgIpc) is 3.23. The Hall–Kier alpha value is -2.26. The van der Waals surface area contributed by atoms with Crippen molar-refractivity contribution in [3.8, 4) is 11.5 Å². The van der Waals surface area contributed by atoms with Gasteiger partial charge in [0.05, 0.1) is 24.4 Å². The molecular weight excluding hydrogens is 460 g/mol. The van der Waals surface area contributed by atoms with Crippen LogP contribution in [-0.2, 0) is 14.8 Å². The van der Waals surface area contributed by atoms with Crippen molar-refractivity contribution in [1.29, 1.82) is 0 Å². The number of halogens is 1. The highest BCUT2D eigenvalue weighted by Crippen LogP contribution is 2.32. The summed E-state index contributed by atoms with van der Waals surface area (Å²) in [4.78, 5) is 12.3. The number of nitrogens with one attached hydrogen (secondary N) is 2. The minimum absolute atomic E-state index is 0.0214. The fourth-order valence-corrected chi connectivity index (χ4v) is 5.12. The van der Waals surface area contributed by atoms with Crippen LogP contribution >= 0.6 is 15.9 Å². The number of carbonyl (C=O) groups excluding carboxylic acids is 1. The second kappa shape index (κ2) is 9.04. The summed E-state index contributed by atoms with van der Waals surface area (Å²) in [6, 6.07) is 9.43. The smallest absolute Gasteiger partial charge is 0.265 e. The van der Waals surface area contributed by atoms with Crippen LogP contribution in [0.5, 0.6) is 11.5 Å². The first-order valence-electron chi connectivity index (χ1n) is 9.19. The Bertz CT molecular complexity index is 1000. The molecule has 1 amide bonds. The third-order valence-corrected chi connectivity index (χ3v) is 6.87. The van der Waals surface area contributed by atoms with E-state index in [2.05, 4.69) is 26.0 Å². The van der Waals surface area contributed by atoms with Crippen LogP contribution in [0.3, 0.4) is 0 Å². The van der Waals surface area contributed by atoms with E-state index in [1.54, 1.807) is 24.3 Å². The molecule has 0 unspecified atom stereocenters. The fraction of sp³-hybridized carbons (Fsp3) is 0.350. The molecule has 1 aliphatic carbocycles. The van der Waals surface area contributed by atoms with Gasteiger partial charge < -0.3 is 14.8 Å². The van der Waals surface area contributed by atoms with Crippen molar-refractivity contribution in [3.63, 3.8) is 0 Å². The molecule has 2 aromatic rings. The summed E-state index contributed by atoms with van der Waals surface area (Å²) in [6.45, 7) is 0. The highest BCUT2D eigenvalue weighted by molar-refractivity contribution is 9.10. The molecule has 0 atom stereocenters. The Morgan fingerprint density at radius 3 is 2.24 bits per heavy atom. The van der Waals surface area contributed by atoms with Gasteiger partial charge in [-0.1, -0.05) is 12.8 Å². The molecule has 0 heterocycles. The van der Waals surface area contributed by atoms with Gasteiger partial charge in [0.25, 0.3) is 10.0 Å². The van der Waals surface area contributed by atoms with Crippen molar-refractivity contribution >= 4 is 43.2 Å². The molecule has 9 heteroatoms. The molecule has 29 heavy (non-hydrogen) atoms. The molecule has 1 aliphatic rings. The van der Waals surface area contributed by atoms with Crippen LogP contribution in [0.4, 0.5) is 11.4 Å². The lowest BCUT2D eigenvalue weighted by molar-refractivity contribution is -0.119. The normalized spacial score (nSPS) is 14.4. The van der Waals surface area contributed by atoms with Gasteiger partial charge in [-0.2, -0.15) is 0 Å². The first-order valence-corrected chi connectivity index (χ1v) is 11.5. The van der Waals surface area contributed by atoms with Crippen LogP contribution in [0.25, 0.3) is 0 Å². The highest BCUT2D eigenvalue weighted by Gasteiger charge is 2.25. The lowest BCUT2D eigenvalue weighted by Gasteiger charge is -2.15. The predicted molar refractivity (Wildman–Crippen MR) is 115 cm³/mol. The Morgan fingerprint density at radius 1 is 1.00 bits per heavy atom. The lowest BCUT2D eigenvalue weighted by Crippen LogP contribution is -2.21. The van der Waals surface area contributed by atoms with E-state index < -0.39 is 10.0 Å². The predicted octanol–water partition coefficient (Wildman–Crippen LogP) is 4.40. The lowest BCUT2D eigenvalue weighted by atomic mass is 10.1. The number of hydrogen-bond donors (Lipinski definition) is 2. The van der Waals surface area contributed by atoms with Crippen molar-refractivity contribution in [2.45, 2.75) is 30.6 Å². The standard InChI is InChI=1S/C20H23BrN2O5S/c1-27-17-9-8-15(11-16(17)21)23-29(25,26)19-12-14(7-10-18(19)28-2)22-20(24)13-5-3-4-6-13/h7-13,23H,3-6H2,1-2H3,(H,22,24). The molecule has 156 valence electrons. The molecule has 0 aliphatic heterocycles.